The summed E-state index contributed by atoms with van der Waals surface area (Å²) in [5.41, 5.74) is 0.135. The molecule has 1 fully saturated rings. The Hall–Kier alpha value is -2.13. The summed E-state index contributed by atoms with van der Waals surface area (Å²) in [5, 5.41) is 5.00. The van der Waals surface area contributed by atoms with Crippen molar-refractivity contribution in [2.75, 3.05) is 20.2 Å². The third-order valence-corrected chi connectivity index (χ3v) is 4.94. The number of ether oxygens (including phenoxy) is 1. The summed E-state index contributed by atoms with van der Waals surface area (Å²) >= 11 is 0. The SMILES string of the molecule is CCNC(=O)CNC(=O)c1ccc(OC)c(S(=O)(=O)NC2CC2)c1. The molecule has 3 N–H and O–H groups in total. The van der Waals surface area contributed by atoms with Crippen LogP contribution in [0.2, 0.25) is 0 Å². The molecule has 1 aromatic rings. The molecule has 1 aliphatic rings. The monoisotopic (exact) mass is 355 g/mol. The van der Waals surface area contributed by atoms with Crippen LogP contribution in [0.4, 0.5) is 0 Å². The Morgan fingerprint density at radius 1 is 1.25 bits per heavy atom. The van der Waals surface area contributed by atoms with E-state index < -0.39 is 15.9 Å². The second kappa shape index (κ2) is 7.63. The summed E-state index contributed by atoms with van der Waals surface area (Å²) < 4.78 is 32.4. The van der Waals surface area contributed by atoms with Crippen LogP contribution in [0.1, 0.15) is 30.1 Å². The average molecular weight is 355 g/mol. The molecule has 0 atom stereocenters. The fourth-order valence-corrected chi connectivity index (χ4v) is 3.53. The van der Waals surface area contributed by atoms with E-state index in [1.165, 1.54) is 25.3 Å². The number of nitrogens with one attached hydrogen (secondary N) is 3. The van der Waals surface area contributed by atoms with Gasteiger partial charge in [-0.1, -0.05) is 0 Å². The number of benzene rings is 1. The first-order valence-electron chi connectivity index (χ1n) is 7.62. The van der Waals surface area contributed by atoms with E-state index in [0.717, 1.165) is 12.8 Å². The molecule has 24 heavy (non-hydrogen) atoms. The van der Waals surface area contributed by atoms with Gasteiger partial charge in [0.25, 0.3) is 5.91 Å². The van der Waals surface area contributed by atoms with Crippen LogP contribution >= 0.6 is 0 Å². The Labute approximate surface area is 141 Å². The molecule has 0 radical (unpaired) electrons. The lowest BCUT2D eigenvalue weighted by Crippen LogP contribution is -2.36. The van der Waals surface area contributed by atoms with Gasteiger partial charge in [0.2, 0.25) is 15.9 Å². The lowest BCUT2D eigenvalue weighted by atomic mass is 10.2. The van der Waals surface area contributed by atoms with Crippen molar-refractivity contribution in [2.24, 2.45) is 0 Å². The maximum atomic E-state index is 12.4. The molecule has 0 heterocycles. The van der Waals surface area contributed by atoms with Crippen molar-refractivity contribution < 1.29 is 22.7 Å². The highest BCUT2D eigenvalue weighted by Gasteiger charge is 2.30. The van der Waals surface area contributed by atoms with Crippen LogP contribution in [0.25, 0.3) is 0 Å². The second-order valence-electron chi connectivity index (χ2n) is 5.40. The van der Waals surface area contributed by atoms with E-state index >= 15 is 0 Å². The van der Waals surface area contributed by atoms with Crippen LogP contribution in [0, 0.1) is 0 Å². The van der Waals surface area contributed by atoms with Crippen molar-refractivity contribution in [3.8, 4) is 5.75 Å². The van der Waals surface area contributed by atoms with Gasteiger partial charge in [-0.15, -0.1) is 0 Å². The number of methoxy groups -OCH3 is 1. The van der Waals surface area contributed by atoms with E-state index in [2.05, 4.69) is 15.4 Å². The molecular formula is C15H21N3O5S. The van der Waals surface area contributed by atoms with E-state index in [9.17, 15) is 18.0 Å². The highest BCUT2D eigenvalue weighted by molar-refractivity contribution is 7.89. The summed E-state index contributed by atoms with van der Waals surface area (Å²) in [6.45, 7) is 2.06. The molecule has 132 valence electrons. The topological polar surface area (TPSA) is 114 Å². The lowest BCUT2D eigenvalue weighted by molar-refractivity contribution is -0.120. The standard InChI is InChI=1S/C15H21N3O5S/c1-3-16-14(19)9-17-15(20)10-4-7-12(23-2)13(8-10)24(21,22)18-11-5-6-11/h4,7-8,11,18H,3,5-6,9H2,1-2H3,(H,16,19)(H,17,20). The molecule has 0 unspecified atom stereocenters. The minimum Gasteiger partial charge on any atom is -0.495 e. The maximum Gasteiger partial charge on any atom is 0.251 e. The fourth-order valence-electron chi connectivity index (χ4n) is 2.03. The average Bonchev–Trinajstić information content (AvgIpc) is 3.35. The van der Waals surface area contributed by atoms with Gasteiger partial charge in [-0.2, -0.15) is 0 Å². The first-order valence-corrected chi connectivity index (χ1v) is 9.11. The van der Waals surface area contributed by atoms with Crippen LogP contribution in [0.15, 0.2) is 23.1 Å². The number of hydrogen-bond donors (Lipinski definition) is 3. The molecule has 1 aliphatic carbocycles. The van der Waals surface area contributed by atoms with E-state index in [1.807, 2.05) is 0 Å². The summed E-state index contributed by atoms with van der Waals surface area (Å²) in [6.07, 6.45) is 1.60. The molecular weight excluding hydrogens is 334 g/mol. The number of hydrogen-bond acceptors (Lipinski definition) is 5. The van der Waals surface area contributed by atoms with Crippen molar-refractivity contribution in [2.45, 2.75) is 30.7 Å². The van der Waals surface area contributed by atoms with E-state index in [-0.39, 0.29) is 34.7 Å². The molecule has 2 rings (SSSR count). The smallest absolute Gasteiger partial charge is 0.251 e. The molecule has 9 heteroatoms. The number of carbonyl (C=O) groups is 2. The van der Waals surface area contributed by atoms with Gasteiger partial charge >= 0.3 is 0 Å². The van der Waals surface area contributed by atoms with Gasteiger partial charge < -0.3 is 15.4 Å². The molecule has 1 aromatic carbocycles. The first kappa shape index (κ1) is 18.2. The van der Waals surface area contributed by atoms with E-state index in [4.69, 9.17) is 4.74 Å². The van der Waals surface area contributed by atoms with Gasteiger partial charge in [0.15, 0.2) is 0 Å². The predicted octanol–water partition coefficient (Wildman–Crippen LogP) is 0.00180. The maximum absolute atomic E-state index is 12.4. The quantitative estimate of drug-likeness (QED) is 0.607. The summed E-state index contributed by atoms with van der Waals surface area (Å²) in [4.78, 5) is 23.4. The minimum absolute atomic E-state index is 0.0603. The van der Waals surface area contributed by atoms with Crippen LogP contribution in [0.3, 0.4) is 0 Å². The van der Waals surface area contributed by atoms with Crippen molar-refractivity contribution in [1.82, 2.24) is 15.4 Å². The zero-order valence-electron chi connectivity index (χ0n) is 13.6. The summed E-state index contributed by atoms with van der Waals surface area (Å²) in [5.74, 6) is -0.696. The van der Waals surface area contributed by atoms with Crippen molar-refractivity contribution in [3.63, 3.8) is 0 Å². The lowest BCUT2D eigenvalue weighted by Gasteiger charge is -2.12. The van der Waals surface area contributed by atoms with Crippen LogP contribution in [-0.4, -0.2) is 46.5 Å². The van der Waals surface area contributed by atoms with Gasteiger partial charge in [0, 0.05) is 18.2 Å². The van der Waals surface area contributed by atoms with Crippen molar-refractivity contribution in [1.29, 1.82) is 0 Å². The number of rotatable bonds is 8. The molecule has 8 nitrogen and oxygen atoms in total. The molecule has 1 saturated carbocycles. The van der Waals surface area contributed by atoms with Crippen molar-refractivity contribution >= 4 is 21.8 Å². The Balaban J connectivity index is 2.18. The molecule has 0 aliphatic heterocycles. The third-order valence-electron chi connectivity index (χ3n) is 3.40. The first-order chi connectivity index (χ1) is 11.4. The minimum atomic E-state index is -3.77. The van der Waals surface area contributed by atoms with Crippen LogP contribution in [-0.2, 0) is 14.8 Å². The Kier molecular flexibility index (Phi) is 5.79. The Morgan fingerprint density at radius 2 is 1.96 bits per heavy atom. The molecule has 2 amide bonds. The van der Waals surface area contributed by atoms with Gasteiger partial charge in [0.1, 0.15) is 10.6 Å². The summed E-state index contributed by atoms with van der Waals surface area (Å²) in [6, 6.07) is 4.05. The normalized spacial score (nSPS) is 14.1. The Bertz CT molecular complexity index is 729. The number of amides is 2. The highest BCUT2D eigenvalue weighted by Crippen LogP contribution is 2.28. The Morgan fingerprint density at radius 3 is 2.54 bits per heavy atom. The van der Waals surface area contributed by atoms with E-state index in [1.54, 1.807) is 6.92 Å². The molecule has 0 bridgehead atoms. The van der Waals surface area contributed by atoms with Crippen LogP contribution in [0.5, 0.6) is 5.75 Å². The van der Waals surface area contributed by atoms with E-state index in [0.29, 0.717) is 6.54 Å². The van der Waals surface area contributed by atoms with Gasteiger partial charge in [-0.3, -0.25) is 9.59 Å². The second-order valence-corrected chi connectivity index (χ2v) is 7.08. The number of carbonyl (C=O) groups excluding carboxylic acids is 2. The van der Waals surface area contributed by atoms with Gasteiger partial charge in [0.05, 0.1) is 13.7 Å². The van der Waals surface area contributed by atoms with Crippen LogP contribution < -0.4 is 20.1 Å². The summed E-state index contributed by atoms with van der Waals surface area (Å²) in [7, 11) is -2.41. The molecule has 0 spiro atoms. The molecule has 0 aromatic heterocycles. The predicted molar refractivity (Wildman–Crippen MR) is 87.4 cm³/mol. The van der Waals surface area contributed by atoms with Gasteiger partial charge in [-0.05, 0) is 38.0 Å². The number of sulfonamides is 1. The fraction of sp³-hybridized carbons (Fsp3) is 0.467. The molecule has 0 saturated heterocycles. The largest absolute Gasteiger partial charge is 0.495 e. The van der Waals surface area contributed by atoms with Crippen molar-refractivity contribution in [3.05, 3.63) is 23.8 Å². The zero-order chi connectivity index (χ0) is 17.7. The highest BCUT2D eigenvalue weighted by atomic mass is 32.2. The van der Waals surface area contributed by atoms with Gasteiger partial charge in [-0.25, -0.2) is 13.1 Å². The third kappa shape index (κ3) is 4.68. The number of likely N-dealkylation sites (N-methyl/N-ethyl adjacent to an activating group) is 1. The zero-order valence-corrected chi connectivity index (χ0v) is 14.4.